The molecule has 0 bridgehead atoms. The first kappa shape index (κ1) is 14.8. The third kappa shape index (κ3) is 3.36. The highest BCUT2D eigenvalue weighted by Crippen LogP contribution is 2.16. The summed E-state index contributed by atoms with van der Waals surface area (Å²) in [6, 6.07) is 8.80. The molecule has 1 aliphatic rings. The molecule has 1 aromatic heterocycles. The summed E-state index contributed by atoms with van der Waals surface area (Å²) in [5.41, 5.74) is 1.26. The Kier molecular flexibility index (Phi) is 4.53. The van der Waals surface area contributed by atoms with Crippen LogP contribution < -0.4 is 10.2 Å². The number of halogens is 1. The van der Waals surface area contributed by atoms with Gasteiger partial charge in [-0.15, -0.1) is 0 Å². The van der Waals surface area contributed by atoms with Crippen molar-refractivity contribution >= 4 is 23.5 Å². The van der Waals surface area contributed by atoms with Gasteiger partial charge in [0.1, 0.15) is 0 Å². The third-order valence-corrected chi connectivity index (χ3v) is 3.97. The predicted molar refractivity (Wildman–Crippen MR) is 86.1 cm³/mol. The number of carbonyl (C=O) groups is 1. The highest BCUT2D eigenvalue weighted by Gasteiger charge is 2.15. The second kappa shape index (κ2) is 6.75. The van der Waals surface area contributed by atoms with E-state index in [0.717, 1.165) is 24.7 Å². The van der Waals surface area contributed by atoms with Gasteiger partial charge in [0.05, 0.1) is 22.8 Å². The molecule has 1 saturated heterocycles. The molecule has 0 aliphatic carbocycles. The lowest BCUT2D eigenvalue weighted by Gasteiger charge is -2.15. The van der Waals surface area contributed by atoms with Gasteiger partial charge < -0.3 is 10.2 Å². The van der Waals surface area contributed by atoms with Crippen LogP contribution in [0.25, 0.3) is 0 Å². The fourth-order valence-corrected chi connectivity index (χ4v) is 2.69. The lowest BCUT2D eigenvalue weighted by molar-refractivity contribution is 0.0950. The highest BCUT2D eigenvalue weighted by molar-refractivity contribution is 6.33. The van der Waals surface area contributed by atoms with E-state index in [1.807, 2.05) is 6.07 Å². The van der Waals surface area contributed by atoms with E-state index < -0.39 is 0 Å². The van der Waals surface area contributed by atoms with Gasteiger partial charge in [0, 0.05) is 19.3 Å². The molecule has 6 heteroatoms. The minimum Gasteiger partial charge on any atom is -0.346 e. The van der Waals surface area contributed by atoms with E-state index in [-0.39, 0.29) is 5.91 Å². The Morgan fingerprint density at radius 2 is 2.00 bits per heavy atom. The molecule has 0 saturated carbocycles. The lowest BCUT2D eigenvalue weighted by Crippen LogP contribution is -2.25. The largest absolute Gasteiger partial charge is 0.346 e. The van der Waals surface area contributed by atoms with Gasteiger partial charge in [-0.2, -0.15) is 0 Å². The van der Waals surface area contributed by atoms with Gasteiger partial charge in [0.25, 0.3) is 5.91 Å². The second-order valence-electron chi connectivity index (χ2n) is 5.20. The van der Waals surface area contributed by atoms with Crippen molar-refractivity contribution in [2.45, 2.75) is 19.4 Å². The number of hydrogen-bond donors (Lipinski definition) is 1. The van der Waals surface area contributed by atoms with E-state index in [1.54, 1.807) is 30.5 Å². The van der Waals surface area contributed by atoms with Crippen molar-refractivity contribution in [3.8, 4) is 0 Å². The fraction of sp³-hybridized carbons (Fsp3) is 0.312. The van der Waals surface area contributed by atoms with E-state index in [1.165, 1.54) is 12.8 Å². The van der Waals surface area contributed by atoms with Crippen molar-refractivity contribution in [3.63, 3.8) is 0 Å². The Bertz CT molecular complexity index is 671. The number of nitrogens with one attached hydrogen (secondary N) is 1. The molecule has 114 valence electrons. The molecule has 22 heavy (non-hydrogen) atoms. The Labute approximate surface area is 134 Å². The van der Waals surface area contributed by atoms with Crippen molar-refractivity contribution in [3.05, 3.63) is 52.8 Å². The normalized spacial score (nSPS) is 14.1. The molecule has 0 unspecified atom stereocenters. The van der Waals surface area contributed by atoms with Gasteiger partial charge in [-0.25, -0.2) is 9.97 Å². The number of rotatable bonds is 4. The van der Waals surface area contributed by atoms with E-state index in [2.05, 4.69) is 20.2 Å². The molecule has 1 aromatic carbocycles. The van der Waals surface area contributed by atoms with Crippen LogP contribution in [0.2, 0.25) is 5.02 Å². The Balaban J connectivity index is 1.65. The zero-order valence-electron chi connectivity index (χ0n) is 12.1. The standard InChI is InChI=1S/C16H17ClN4O/c17-14-6-2-1-5-13(14)15(22)19-11-12-7-8-18-16(20-12)21-9-3-4-10-21/h1-2,5-8H,3-4,9-11H2,(H,19,22). The minimum absolute atomic E-state index is 0.202. The number of nitrogens with zero attached hydrogens (tertiary/aromatic N) is 3. The highest BCUT2D eigenvalue weighted by atomic mass is 35.5. The van der Waals surface area contributed by atoms with Crippen LogP contribution in [0, 0.1) is 0 Å². The van der Waals surface area contributed by atoms with Crippen molar-refractivity contribution in [2.75, 3.05) is 18.0 Å². The molecular formula is C16H17ClN4O. The van der Waals surface area contributed by atoms with E-state index in [4.69, 9.17) is 11.6 Å². The first-order valence-electron chi connectivity index (χ1n) is 7.33. The lowest BCUT2D eigenvalue weighted by atomic mass is 10.2. The van der Waals surface area contributed by atoms with Crippen molar-refractivity contribution in [1.82, 2.24) is 15.3 Å². The molecule has 2 aromatic rings. The van der Waals surface area contributed by atoms with Gasteiger partial charge in [-0.3, -0.25) is 4.79 Å². The Morgan fingerprint density at radius 3 is 2.77 bits per heavy atom. The molecule has 1 amide bonds. The molecule has 1 N–H and O–H groups in total. The number of aromatic nitrogens is 2. The summed E-state index contributed by atoms with van der Waals surface area (Å²) in [4.78, 5) is 23.1. The van der Waals surface area contributed by atoms with Gasteiger partial charge in [0.2, 0.25) is 5.95 Å². The van der Waals surface area contributed by atoms with Crippen LogP contribution in [0.4, 0.5) is 5.95 Å². The number of benzene rings is 1. The van der Waals surface area contributed by atoms with Crippen molar-refractivity contribution in [2.24, 2.45) is 0 Å². The summed E-state index contributed by atoms with van der Waals surface area (Å²) in [6.07, 6.45) is 4.09. The van der Waals surface area contributed by atoms with Gasteiger partial charge in [-0.05, 0) is 31.0 Å². The Morgan fingerprint density at radius 1 is 1.23 bits per heavy atom. The minimum atomic E-state index is -0.202. The first-order valence-corrected chi connectivity index (χ1v) is 7.71. The van der Waals surface area contributed by atoms with Crippen LogP contribution in [0.3, 0.4) is 0 Å². The van der Waals surface area contributed by atoms with Crippen LogP contribution in [-0.4, -0.2) is 29.0 Å². The maximum Gasteiger partial charge on any atom is 0.253 e. The van der Waals surface area contributed by atoms with Gasteiger partial charge >= 0.3 is 0 Å². The average Bonchev–Trinajstić information content (AvgIpc) is 3.08. The summed E-state index contributed by atoms with van der Waals surface area (Å²) in [6.45, 7) is 2.35. The Hall–Kier alpha value is -2.14. The number of carbonyl (C=O) groups excluding carboxylic acids is 1. The monoisotopic (exact) mass is 316 g/mol. The molecule has 5 nitrogen and oxygen atoms in total. The molecule has 3 rings (SSSR count). The maximum atomic E-state index is 12.1. The molecular weight excluding hydrogens is 300 g/mol. The zero-order chi connectivity index (χ0) is 15.4. The van der Waals surface area contributed by atoms with Gasteiger partial charge in [0.15, 0.2) is 0 Å². The summed E-state index contributed by atoms with van der Waals surface area (Å²) < 4.78 is 0. The van der Waals surface area contributed by atoms with Crippen LogP contribution >= 0.6 is 11.6 Å². The first-order chi connectivity index (χ1) is 10.7. The molecule has 0 radical (unpaired) electrons. The summed E-state index contributed by atoms with van der Waals surface area (Å²) in [5, 5.41) is 3.29. The number of hydrogen-bond acceptors (Lipinski definition) is 4. The van der Waals surface area contributed by atoms with E-state index in [0.29, 0.717) is 17.1 Å². The maximum absolute atomic E-state index is 12.1. The van der Waals surface area contributed by atoms with Gasteiger partial charge in [-0.1, -0.05) is 23.7 Å². The smallest absolute Gasteiger partial charge is 0.253 e. The molecule has 0 atom stereocenters. The quantitative estimate of drug-likeness (QED) is 0.942. The van der Waals surface area contributed by atoms with Crippen LogP contribution in [0.1, 0.15) is 28.9 Å². The third-order valence-electron chi connectivity index (χ3n) is 3.64. The topological polar surface area (TPSA) is 58.1 Å². The molecule has 1 fully saturated rings. The van der Waals surface area contributed by atoms with E-state index >= 15 is 0 Å². The summed E-state index contributed by atoms with van der Waals surface area (Å²) in [5.74, 6) is 0.536. The predicted octanol–water partition coefficient (Wildman–Crippen LogP) is 2.66. The summed E-state index contributed by atoms with van der Waals surface area (Å²) in [7, 11) is 0. The van der Waals surface area contributed by atoms with E-state index in [9.17, 15) is 4.79 Å². The number of amides is 1. The van der Waals surface area contributed by atoms with Crippen molar-refractivity contribution in [1.29, 1.82) is 0 Å². The fourth-order valence-electron chi connectivity index (χ4n) is 2.46. The SMILES string of the molecule is O=C(NCc1ccnc(N2CCCC2)n1)c1ccccc1Cl. The molecule has 1 aliphatic heterocycles. The number of anilines is 1. The van der Waals surface area contributed by atoms with Crippen LogP contribution in [0.15, 0.2) is 36.5 Å². The zero-order valence-corrected chi connectivity index (χ0v) is 12.9. The van der Waals surface area contributed by atoms with Crippen LogP contribution in [-0.2, 0) is 6.54 Å². The van der Waals surface area contributed by atoms with Crippen molar-refractivity contribution < 1.29 is 4.79 Å². The summed E-state index contributed by atoms with van der Waals surface area (Å²) >= 11 is 6.02. The van der Waals surface area contributed by atoms with Crippen LogP contribution in [0.5, 0.6) is 0 Å². The average molecular weight is 317 g/mol. The second-order valence-corrected chi connectivity index (χ2v) is 5.61. The molecule has 0 spiro atoms. The molecule has 2 heterocycles.